The molecule has 112 valence electrons. The highest BCUT2D eigenvalue weighted by atomic mass is 19.1. The Morgan fingerprint density at radius 3 is 2.95 bits per heavy atom. The Kier molecular flexibility index (Phi) is 5.52. The molecule has 2 rings (SSSR count). The molecule has 20 heavy (non-hydrogen) atoms. The molecule has 4 heteroatoms. The molecule has 0 bridgehead atoms. The van der Waals surface area contributed by atoms with E-state index in [-0.39, 0.29) is 18.0 Å². The van der Waals surface area contributed by atoms with Crippen molar-refractivity contribution in [2.75, 3.05) is 33.3 Å². The van der Waals surface area contributed by atoms with Crippen LogP contribution in [0.15, 0.2) is 18.2 Å². The van der Waals surface area contributed by atoms with Gasteiger partial charge in [0.2, 0.25) is 0 Å². The van der Waals surface area contributed by atoms with Crippen LogP contribution < -0.4 is 5.32 Å². The highest BCUT2D eigenvalue weighted by molar-refractivity contribution is 5.31. The van der Waals surface area contributed by atoms with Crippen LogP contribution in [-0.4, -0.2) is 44.3 Å². The molecule has 1 aliphatic rings. The molecule has 2 atom stereocenters. The zero-order valence-corrected chi connectivity index (χ0v) is 12.7. The van der Waals surface area contributed by atoms with Gasteiger partial charge >= 0.3 is 0 Å². The van der Waals surface area contributed by atoms with E-state index in [1.165, 1.54) is 6.07 Å². The van der Waals surface area contributed by atoms with Crippen LogP contribution in [0.4, 0.5) is 4.39 Å². The smallest absolute Gasteiger partial charge is 0.123 e. The van der Waals surface area contributed by atoms with Gasteiger partial charge in [0.1, 0.15) is 5.82 Å². The molecule has 1 saturated heterocycles. The van der Waals surface area contributed by atoms with E-state index in [0.29, 0.717) is 0 Å². The number of hydrogen-bond acceptors (Lipinski definition) is 3. The number of nitrogens with zero attached hydrogens (tertiary/aromatic N) is 1. The largest absolute Gasteiger partial charge is 0.374 e. The van der Waals surface area contributed by atoms with E-state index in [1.807, 2.05) is 20.0 Å². The second kappa shape index (κ2) is 7.16. The fourth-order valence-corrected chi connectivity index (χ4v) is 3.02. The Morgan fingerprint density at radius 2 is 2.25 bits per heavy atom. The summed E-state index contributed by atoms with van der Waals surface area (Å²) >= 11 is 0. The van der Waals surface area contributed by atoms with Crippen LogP contribution in [0, 0.1) is 12.7 Å². The van der Waals surface area contributed by atoms with Crippen LogP contribution in [0.1, 0.15) is 30.5 Å². The predicted molar refractivity (Wildman–Crippen MR) is 79.4 cm³/mol. The average molecular weight is 280 g/mol. The summed E-state index contributed by atoms with van der Waals surface area (Å²) < 4.78 is 19.6. The first kappa shape index (κ1) is 15.4. The summed E-state index contributed by atoms with van der Waals surface area (Å²) in [6.45, 7) is 7.68. The molecule has 0 amide bonds. The predicted octanol–water partition coefficient (Wildman–Crippen LogP) is 2.51. The van der Waals surface area contributed by atoms with Crippen molar-refractivity contribution in [3.05, 3.63) is 35.1 Å². The van der Waals surface area contributed by atoms with Gasteiger partial charge in [-0.3, -0.25) is 4.90 Å². The van der Waals surface area contributed by atoms with Gasteiger partial charge in [0, 0.05) is 13.1 Å². The molecule has 0 aliphatic carbocycles. The Labute approximate surface area is 121 Å². The molecule has 1 aromatic rings. The van der Waals surface area contributed by atoms with Crippen molar-refractivity contribution >= 4 is 0 Å². The number of hydrogen-bond donors (Lipinski definition) is 1. The first-order chi connectivity index (χ1) is 9.67. The normalized spacial score (nSPS) is 24.0. The molecule has 1 fully saturated rings. The lowest BCUT2D eigenvalue weighted by Gasteiger charge is -2.42. The number of morpholine rings is 1. The number of halogens is 1. The van der Waals surface area contributed by atoms with Crippen LogP contribution in [0.3, 0.4) is 0 Å². The quantitative estimate of drug-likeness (QED) is 0.897. The second-order valence-electron chi connectivity index (χ2n) is 5.45. The Balaban J connectivity index is 2.34. The van der Waals surface area contributed by atoms with Gasteiger partial charge in [-0.05, 0) is 50.2 Å². The van der Waals surface area contributed by atoms with Crippen molar-refractivity contribution in [3.8, 4) is 0 Å². The van der Waals surface area contributed by atoms with Crippen molar-refractivity contribution in [1.82, 2.24) is 10.2 Å². The number of ether oxygens (including phenoxy) is 1. The third-order valence-corrected chi connectivity index (χ3v) is 3.93. The van der Waals surface area contributed by atoms with Crippen LogP contribution in [0.5, 0.6) is 0 Å². The third-order valence-electron chi connectivity index (χ3n) is 3.93. The molecule has 1 aliphatic heterocycles. The molecule has 0 radical (unpaired) electrons. The highest BCUT2D eigenvalue weighted by Gasteiger charge is 2.33. The maximum atomic E-state index is 13.7. The summed E-state index contributed by atoms with van der Waals surface area (Å²) in [5.74, 6) is -0.171. The molecule has 1 N–H and O–H groups in total. The minimum absolute atomic E-state index is 0.0702. The Bertz CT molecular complexity index is 420. The molecular formula is C16H25FN2O. The summed E-state index contributed by atoms with van der Waals surface area (Å²) in [5, 5.41) is 3.19. The number of aryl methyl sites for hydroxylation is 1. The molecule has 0 aromatic heterocycles. The zero-order chi connectivity index (χ0) is 14.5. The average Bonchev–Trinajstić information content (AvgIpc) is 2.43. The van der Waals surface area contributed by atoms with Crippen LogP contribution >= 0.6 is 0 Å². The van der Waals surface area contributed by atoms with Crippen molar-refractivity contribution in [3.63, 3.8) is 0 Å². The van der Waals surface area contributed by atoms with Gasteiger partial charge in [-0.25, -0.2) is 4.39 Å². The second-order valence-corrected chi connectivity index (χ2v) is 5.45. The third kappa shape index (κ3) is 3.37. The maximum Gasteiger partial charge on any atom is 0.123 e. The van der Waals surface area contributed by atoms with Gasteiger partial charge in [0.05, 0.1) is 18.8 Å². The van der Waals surface area contributed by atoms with Crippen molar-refractivity contribution < 1.29 is 9.13 Å². The zero-order valence-electron chi connectivity index (χ0n) is 12.7. The van der Waals surface area contributed by atoms with Crippen LogP contribution in [0.25, 0.3) is 0 Å². The summed E-state index contributed by atoms with van der Waals surface area (Å²) in [5.41, 5.74) is 2.18. The van der Waals surface area contributed by atoms with Gasteiger partial charge in [-0.1, -0.05) is 13.0 Å². The van der Waals surface area contributed by atoms with Crippen molar-refractivity contribution in [2.45, 2.75) is 32.4 Å². The standard InChI is InChI=1S/C16H25FN2O/c1-4-7-19-8-9-20-15(11-18-3)16(19)14-10-13(17)6-5-12(14)2/h5-6,10,15-16,18H,4,7-9,11H2,1-3H3. The first-order valence-electron chi connectivity index (χ1n) is 7.43. The van der Waals surface area contributed by atoms with E-state index < -0.39 is 0 Å². The fraction of sp³-hybridized carbons (Fsp3) is 0.625. The van der Waals surface area contributed by atoms with E-state index in [0.717, 1.165) is 43.8 Å². The minimum atomic E-state index is -0.171. The maximum absolute atomic E-state index is 13.7. The number of benzene rings is 1. The van der Waals surface area contributed by atoms with E-state index in [2.05, 4.69) is 17.1 Å². The number of nitrogens with one attached hydrogen (secondary N) is 1. The minimum Gasteiger partial charge on any atom is -0.374 e. The summed E-state index contributed by atoms with van der Waals surface area (Å²) in [6.07, 6.45) is 1.16. The lowest BCUT2D eigenvalue weighted by Crippen LogP contribution is -2.49. The monoisotopic (exact) mass is 280 g/mol. The summed E-state index contributed by atoms with van der Waals surface area (Å²) in [7, 11) is 1.93. The van der Waals surface area contributed by atoms with E-state index in [1.54, 1.807) is 6.07 Å². The highest BCUT2D eigenvalue weighted by Crippen LogP contribution is 2.32. The van der Waals surface area contributed by atoms with E-state index in [9.17, 15) is 4.39 Å². The van der Waals surface area contributed by atoms with Gasteiger partial charge < -0.3 is 10.1 Å². The molecule has 1 aromatic carbocycles. The molecule has 1 heterocycles. The van der Waals surface area contributed by atoms with E-state index >= 15 is 0 Å². The SMILES string of the molecule is CCCN1CCOC(CNC)C1c1cc(F)ccc1C. The molecule has 3 nitrogen and oxygen atoms in total. The molecule has 2 unspecified atom stereocenters. The van der Waals surface area contributed by atoms with Crippen molar-refractivity contribution in [1.29, 1.82) is 0 Å². The Hall–Kier alpha value is -0.970. The topological polar surface area (TPSA) is 24.5 Å². The molecule has 0 saturated carbocycles. The molecule has 0 spiro atoms. The van der Waals surface area contributed by atoms with Gasteiger partial charge in [0.25, 0.3) is 0 Å². The van der Waals surface area contributed by atoms with Gasteiger partial charge in [-0.15, -0.1) is 0 Å². The summed E-state index contributed by atoms with van der Waals surface area (Å²) in [6, 6.07) is 5.19. The first-order valence-corrected chi connectivity index (χ1v) is 7.43. The van der Waals surface area contributed by atoms with Crippen LogP contribution in [0.2, 0.25) is 0 Å². The van der Waals surface area contributed by atoms with Crippen molar-refractivity contribution in [2.24, 2.45) is 0 Å². The van der Waals surface area contributed by atoms with E-state index in [4.69, 9.17) is 4.74 Å². The summed E-state index contributed by atoms with van der Waals surface area (Å²) in [4.78, 5) is 2.42. The van der Waals surface area contributed by atoms with Gasteiger partial charge in [0.15, 0.2) is 0 Å². The molecular weight excluding hydrogens is 255 g/mol. The number of rotatable bonds is 5. The lowest BCUT2D eigenvalue weighted by molar-refractivity contribution is -0.0706. The fourth-order valence-electron chi connectivity index (χ4n) is 3.02. The number of likely N-dealkylation sites (N-methyl/N-ethyl adjacent to an activating group) is 1. The van der Waals surface area contributed by atoms with Crippen LogP contribution in [-0.2, 0) is 4.74 Å². The lowest BCUT2D eigenvalue weighted by atomic mass is 9.93. The Morgan fingerprint density at radius 1 is 1.45 bits per heavy atom. The van der Waals surface area contributed by atoms with Gasteiger partial charge in [-0.2, -0.15) is 0 Å².